The van der Waals surface area contributed by atoms with Gasteiger partial charge in [0.25, 0.3) is 0 Å². The van der Waals surface area contributed by atoms with Crippen LogP contribution in [0.3, 0.4) is 0 Å². The molecule has 1 aromatic heterocycles. The lowest BCUT2D eigenvalue weighted by Crippen LogP contribution is -2.06. The standard InChI is InChI=1S/CH2N6/c2-3-1-4-6-7-5-1/h(H,4,7)(H,5,6). The molecule has 2 N–H and O–H groups in total. The van der Waals surface area contributed by atoms with Crippen LogP contribution in [0.1, 0.15) is 0 Å². The zero-order valence-electron chi connectivity index (χ0n) is 3.29. The Morgan fingerprint density at radius 2 is 2.57 bits per heavy atom. The Hall–Kier alpha value is -1.42. The smallest absolute Gasteiger partial charge is 0.512 e. The molecule has 0 aliphatic heterocycles. The highest BCUT2D eigenvalue weighted by atomic mass is 15.5. The highest BCUT2D eigenvalue weighted by molar-refractivity contribution is 4.21. The van der Waals surface area contributed by atoms with E-state index in [1.165, 1.54) is 0 Å². The van der Waals surface area contributed by atoms with Gasteiger partial charge in [0.15, 0.2) is 0 Å². The van der Waals surface area contributed by atoms with Gasteiger partial charge in [0.2, 0.25) is 0 Å². The summed E-state index contributed by atoms with van der Waals surface area (Å²) in [5.74, 6) is 0. The Bertz CT molecular complexity index is 193. The van der Waals surface area contributed by atoms with Gasteiger partial charge in [-0.05, 0) is 0 Å². The van der Waals surface area contributed by atoms with Crippen LogP contribution in [0, 0.1) is 0 Å². The zero-order valence-corrected chi connectivity index (χ0v) is 3.29. The second kappa shape index (κ2) is 1.36. The van der Waals surface area contributed by atoms with Crippen LogP contribution >= 0.6 is 0 Å². The molecule has 0 fully saturated rings. The van der Waals surface area contributed by atoms with Crippen molar-refractivity contribution >= 4 is 0 Å². The molecule has 7 heavy (non-hydrogen) atoms. The van der Waals surface area contributed by atoms with Gasteiger partial charge in [0, 0.05) is 5.21 Å². The third-order valence-corrected chi connectivity index (χ3v) is 0.457. The van der Waals surface area contributed by atoms with Crippen molar-refractivity contribution in [1.29, 1.82) is 0 Å². The number of rotatable bonds is 0. The second-order valence-electron chi connectivity index (χ2n) is 0.860. The van der Waals surface area contributed by atoms with Gasteiger partial charge < -0.3 is 10.3 Å². The number of tetrazole rings is 1. The predicted molar refractivity (Wildman–Crippen MR) is 17.5 cm³/mol. The van der Waals surface area contributed by atoms with E-state index in [4.69, 9.17) is 5.53 Å². The van der Waals surface area contributed by atoms with Gasteiger partial charge in [0.05, 0.1) is 5.10 Å². The molecular formula is CH2N6. The van der Waals surface area contributed by atoms with Crippen LogP contribution in [-0.2, 0) is 0 Å². The van der Waals surface area contributed by atoms with Crippen LogP contribution in [0.25, 0.3) is 5.53 Å². The van der Waals surface area contributed by atoms with Gasteiger partial charge in [0.1, 0.15) is 0 Å². The second-order valence-corrected chi connectivity index (χ2v) is 0.860. The Morgan fingerprint density at radius 3 is 2.86 bits per heavy atom. The van der Waals surface area contributed by atoms with Crippen LogP contribution in [0.2, 0.25) is 0 Å². The maximum atomic E-state index is 7.90. The average Bonchev–Trinajstić information content (AvgIpc) is 2.14. The third-order valence-electron chi connectivity index (χ3n) is 0.457. The summed E-state index contributed by atoms with van der Waals surface area (Å²) < 4.78 is 0. The van der Waals surface area contributed by atoms with Crippen molar-refractivity contribution in [2.45, 2.75) is 0 Å². The molecule has 6 nitrogen and oxygen atoms in total. The molecule has 0 aliphatic carbocycles. The quantitative estimate of drug-likeness (QED) is 0.298. The van der Waals surface area contributed by atoms with Crippen LogP contribution in [0.15, 0.2) is 0 Å². The summed E-state index contributed by atoms with van der Waals surface area (Å²) in [6.45, 7) is 0. The molecule has 0 atom stereocenters. The van der Waals surface area contributed by atoms with E-state index in [2.05, 4.69) is 25.4 Å². The van der Waals surface area contributed by atoms with Crippen molar-refractivity contribution in [3.63, 3.8) is 0 Å². The summed E-state index contributed by atoms with van der Waals surface area (Å²) in [7, 11) is 0. The fourth-order valence-electron chi connectivity index (χ4n) is 0.217. The topological polar surface area (TPSA) is 93.8 Å². The minimum Gasteiger partial charge on any atom is -0.542 e. The SMILES string of the molecule is [N-]=[N+]=c1nn[nH][nH]1. The molecule has 0 unspecified atom stereocenters. The summed E-state index contributed by atoms with van der Waals surface area (Å²) in [5, 5.41) is 11.0. The average molecular weight is 98.1 g/mol. The number of H-pyrrole nitrogens is 2. The molecule has 0 spiro atoms. The minimum absolute atomic E-state index is 0.0694. The first-order valence-corrected chi connectivity index (χ1v) is 1.57. The molecule has 0 aliphatic rings. The first-order chi connectivity index (χ1) is 3.43. The lowest BCUT2D eigenvalue weighted by atomic mass is 11.3. The Labute approximate surface area is 37.8 Å². The molecule has 0 saturated carbocycles. The van der Waals surface area contributed by atoms with Crippen molar-refractivity contribution in [3.05, 3.63) is 11.1 Å². The van der Waals surface area contributed by atoms with Gasteiger partial charge in [-0.2, -0.15) is 0 Å². The van der Waals surface area contributed by atoms with Crippen molar-refractivity contribution in [2.75, 3.05) is 0 Å². The van der Waals surface area contributed by atoms with E-state index in [0.717, 1.165) is 0 Å². The molecule has 1 rings (SSSR count). The summed E-state index contributed by atoms with van der Waals surface area (Å²) >= 11 is 0. The lowest BCUT2D eigenvalue weighted by molar-refractivity contribution is -0.0792. The maximum absolute atomic E-state index is 7.90. The van der Waals surface area contributed by atoms with E-state index in [-0.39, 0.29) is 5.62 Å². The number of hydrogen-bond donors (Lipinski definition) is 2. The lowest BCUT2D eigenvalue weighted by Gasteiger charge is -1.49. The number of nitrogens with one attached hydrogen (secondary N) is 2. The van der Waals surface area contributed by atoms with Crippen molar-refractivity contribution in [3.8, 4) is 0 Å². The number of aromatic nitrogens is 4. The Morgan fingerprint density at radius 1 is 1.71 bits per heavy atom. The van der Waals surface area contributed by atoms with Crippen LogP contribution < -0.4 is 5.62 Å². The van der Waals surface area contributed by atoms with E-state index in [1.54, 1.807) is 0 Å². The van der Waals surface area contributed by atoms with Gasteiger partial charge >= 0.3 is 5.62 Å². The first kappa shape index (κ1) is 3.76. The summed E-state index contributed by atoms with van der Waals surface area (Å²) in [6.07, 6.45) is 0. The maximum Gasteiger partial charge on any atom is 0.512 e. The van der Waals surface area contributed by atoms with E-state index < -0.39 is 0 Å². The molecule has 0 saturated heterocycles. The van der Waals surface area contributed by atoms with Crippen LogP contribution in [-0.4, -0.2) is 25.4 Å². The Kier molecular flexibility index (Phi) is 0.728. The molecule has 0 amide bonds. The summed E-state index contributed by atoms with van der Waals surface area (Å²) in [4.78, 5) is 2.67. The van der Waals surface area contributed by atoms with E-state index >= 15 is 0 Å². The van der Waals surface area contributed by atoms with E-state index in [0.29, 0.717) is 0 Å². The van der Waals surface area contributed by atoms with Gasteiger partial charge in [-0.15, -0.1) is 10.3 Å². The molecule has 36 valence electrons. The van der Waals surface area contributed by atoms with E-state index in [1.807, 2.05) is 0 Å². The molecule has 0 radical (unpaired) electrons. The number of hydrogen-bond acceptors (Lipinski definition) is 2. The zero-order chi connectivity index (χ0) is 5.11. The molecular weight excluding hydrogens is 96.1 g/mol. The largest absolute Gasteiger partial charge is 0.542 e. The van der Waals surface area contributed by atoms with Crippen molar-refractivity contribution in [1.82, 2.24) is 20.6 Å². The Balaban J connectivity index is 3.50. The highest BCUT2D eigenvalue weighted by Gasteiger charge is 1.84. The predicted octanol–water partition coefficient (Wildman–Crippen LogP) is -1.74. The minimum atomic E-state index is 0.0694. The molecule has 6 heteroatoms. The van der Waals surface area contributed by atoms with Crippen molar-refractivity contribution < 1.29 is 4.79 Å². The molecule has 0 aromatic carbocycles. The van der Waals surface area contributed by atoms with Gasteiger partial charge in [-0.1, -0.05) is 0 Å². The van der Waals surface area contributed by atoms with Gasteiger partial charge in [-0.25, -0.2) is 0 Å². The third kappa shape index (κ3) is 0.531. The first-order valence-electron chi connectivity index (χ1n) is 1.57. The highest BCUT2D eigenvalue weighted by Crippen LogP contribution is 1.30. The fraction of sp³-hybridized carbons (Fsp3) is 0. The van der Waals surface area contributed by atoms with Crippen LogP contribution in [0.4, 0.5) is 0 Å². The number of aromatic amines is 2. The monoisotopic (exact) mass is 98.0 g/mol. The normalized spacial score (nSPS) is 8.00. The number of nitrogens with zero attached hydrogens (tertiary/aromatic N) is 4. The van der Waals surface area contributed by atoms with Crippen LogP contribution in [0.5, 0.6) is 0 Å². The van der Waals surface area contributed by atoms with Gasteiger partial charge in [-0.3, -0.25) is 0 Å². The summed E-state index contributed by atoms with van der Waals surface area (Å²) in [6, 6.07) is 0. The fourth-order valence-corrected chi connectivity index (χ4v) is 0.217. The molecule has 1 aromatic rings. The molecule has 0 bridgehead atoms. The summed E-state index contributed by atoms with van der Waals surface area (Å²) in [5.41, 5.74) is 7.97. The molecule has 1 heterocycles. The van der Waals surface area contributed by atoms with E-state index in [9.17, 15) is 0 Å². The van der Waals surface area contributed by atoms with Crippen molar-refractivity contribution in [2.24, 2.45) is 0 Å².